The van der Waals surface area contributed by atoms with Crippen LogP contribution >= 0.6 is 12.2 Å². The molecule has 3 N–H and O–H groups in total. The van der Waals surface area contributed by atoms with Gasteiger partial charge in [-0.25, -0.2) is 4.79 Å². The van der Waals surface area contributed by atoms with Crippen molar-refractivity contribution in [1.82, 2.24) is 9.97 Å². The maximum absolute atomic E-state index is 13.2. The van der Waals surface area contributed by atoms with Crippen LogP contribution in [-0.2, 0) is 9.53 Å². The topological polar surface area (TPSA) is 130 Å². The fraction of sp³-hybridized carbons (Fsp3) is 0.136. The number of benzene rings is 2. The van der Waals surface area contributed by atoms with E-state index in [-0.39, 0.29) is 22.6 Å². The lowest BCUT2D eigenvalue weighted by Gasteiger charge is -2.30. The van der Waals surface area contributed by atoms with E-state index in [0.717, 1.165) is 0 Å². The lowest BCUT2D eigenvalue weighted by atomic mass is 9.81. The van der Waals surface area contributed by atoms with Crippen molar-refractivity contribution in [2.24, 2.45) is 0 Å². The summed E-state index contributed by atoms with van der Waals surface area (Å²) in [5.41, 5.74) is 1.58. The normalized spacial score (nSPS) is 15.0. The number of nitrogens with zero attached hydrogens (tertiary/aromatic N) is 1. The fourth-order valence-electron chi connectivity index (χ4n) is 3.74. The minimum absolute atomic E-state index is 0.0845. The second kappa shape index (κ2) is 8.60. The predicted molar refractivity (Wildman–Crippen MR) is 121 cm³/mol. The summed E-state index contributed by atoms with van der Waals surface area (Å²) in [5, 5.41) is 14.2. The number of aromatic nitrogens is 2. The highest BCUT2D eigenvalue weighted by molar-refractivity contribution is 7.71. The van der Waals surface area contributed by atoms with Gasteiger partial charge in [0.2, 0.25) is 0 Å². The third-order valence-corrected chi connectivity index (χ3v) is 5.28. The number of carbonyl (C=O) groups is 1. The van der Waals surface area contributed by atoms with E-state index in [0.29, 0.717) is 28.2 Å². The maximum atomic E-state index is 13.2. The number of aromatic amines is 2. The Morgan fingerprint density at radius 2 is 1.81 bits per heavy atom. The number of hydrogen-bond acceptors (Lipinski definition) is 7. The number of esters is 1. The van der Waals surface area contributed by atoms with Crippen molar-refractivity contribution in [3.05, 3.63) is 102 Å². The predicted octanol–water partition coefficient (Wildman–Crippen LogP) is 3.87. The molecule has 9 nitrogen and oxygen atoms in total. The smallest absolute Gasteiger partial charge is 0.337 e. The van der Waals surface area contributed by atoms with E-state index >= 15 is 0 Å². The molecule has 32 heavy (non-hydrogen) atoms. The Balaban J connectivity index is 2.03. The van der Waals surface area contributed by atoms with Crippen molar-refractivity contribution >= 4 is 35.4 Å². The Hall–Kier alpha value is -4.05. The van der Waals surface area contributed by atoms with Crippen LogP contribution in [0.5, 0.6) is 0 Å². The number of carbonyl (C=O) groups excluding carboxylic acids is 1. The quantitative estimate of drug-likeness (QED) is 0.233. The van der Waals surface area contributed by atoms with Crippen molar-refractivity contribution < 1.29 is 14.5 Å². The molecular formula is C22H18N4O5S. The van der Waals surface area contributed by atoms with Gasteiger partial charge in [0.15, 0.2) is 4.77 Å². The number of ether oxygens (including phenoxy) is 1. The Morgan fingerprint density at radius 3 is 2.44 bits per heavy atom. The summed E-state index contributed by atoms with van der Waals surface area (Å²) in [7, 11) is 0. The first-order valence-corrected chi connectivity index (χ1v) is 10.2. The second-order valence-electron chi connectivity index (χ2n) is 6.98. The Labute approximate surface area is 186 Å². The van der Waals surface area contributed by atoms with Crippen LogP contribution in [0.4, 0.5) is 11.5 Å². The van der Waals surface area contributed by atoms with Gasteiger partial charge in [0.25, 0.3) is 11.2 Å². The molecule has 0 radical (unpaired) electrons. The molecule has 0 bridgehead atoms. The van der Waals surface area contributed by atoms with E-state index in [9.17, 15) is 19.7 Å². The molecule has 0 saturated carbocycles. The summed E-state index contributed by atoms with van der Waals surface area (Å²) in [6, 6.07) is 14.8. The van der Waals surface area contributed by atoms with Crippen LogP contribution in [-0.4, -0.2) is 27.5 Å². The third-order valence-electron chi connectivity index (χ3n) is 5.07. The zero-order chi connectivity index (χ0) is 22.8. The number of nitro benzene ring substituents is 1. The van der Waals surface area contributed by atoms with E-state index in [4.69, 9.17) is 17.0 Å². The molecule has 0 saturated heterocycles. The Kier molecular flexibility index (Phi) is 5.69. The average Bonchev–Trinajstić information content (AvgIpc) is 2.78. The van der Waals surface area contributed by atoms with Gasteiger partial charge < -0.3 is 15.0 Å². The van der Waals surface area contributed by atoms with Crippen molar-refractivity contribution in [1.29, 1.82) is 0 Å². The molecule has 2 heterocycles. The van der Waals surface area contributed by atoms with Gasteiger partial charge in [-0.1, -0.05) is 30.3 Å². The monoisotopic (exact) mass is 450 g/mol. The first-order valence-electron chi connectivity index (χ1n) is 9.75. The van der Waals surface area contributed by atoms with E-state index in [2.05, 4.69) is 15.3 Å². The number of anilines is 1. The summed E-state index contributed by atoms with van der Waals surface area (Å²) < 4.78 is 5.46. The molecule has 1 aromatic heterocycles. The number of nitro groups is 1. The largest absolute Gasteiger partial charge is 0.463 e. The molecule has 0 aliphatic carbocycles. The number of rotatable bonds is 5. The third kappa shape index (κ3) is 3.83. The maximum Gasteiger partial charge on any atom is 0.337 e. The van der Waals surface area contributed by atoms with Crippen molar-refractivity contribution in [3.63, 3.8) is 0 Å². The molecule has 0 fully saturated rings. The van der Waals surface area contributed by atoms with Gasteiger partial charge in [-0.15, -0.1) is 0 Å². The van der Waals surface area contributed by atoms with Crippen LogP contribution in [0.1, 0.15) is 29.5 Å². The van der Waals surface area contributed by atoms with Crippen LogP contribution in [0, 0.1) is 14.9 Å². The molecule has 4 rings (SSSR count). The zero-order valence-corrected chi connectivity index (χ0v) is 17.7. The minimum Gasteiger partial charge on any atom is -0.463 e. The first kappa shape index (κ1) is 21.2. The van der Waals surface area contributed by atoms with Crippen LogP contribution in [0.3, 0.4) is 0 Å². The second-order valence-corrected chi connectivity index (χ2v) is 7.39. The van der Waals surface area contributed by atoms with E-state index in [1.165, 1.54) is 24.3 Å². The number of nitrogens with one attached hydrogen (secondary N) is 3. The van der Waals surface area contributed by atoms with Crippen LogP contribution in [0.15, 0.2) is 65.0 Å². The molecule has 1 aliphatic heterocycles. The zero-order valence-electron chi connectivity index (χ0n) is 16.9. The number of fused-ring (bicyclic) bond motifs is 1. The molecule has 162 valence electrons. The first-order chi connectivity index (χ1) is 15.4. The number of H-pyrrole nitrogens is 2. The molecule has 0 amide bonds. The van der Waals surface area contributed by atoms with Crippen molar-refractivity contribution in [3.8, 4) is 0 Å². The van der Waals surface area contributed by atoms with E-state index < -0.39 is 22.4 Å². The van der Waals surface area contributed by atoms with Crippen molar-refractivity contribution in [2.75, 3.05) is 11.9 Å². The summed E-state index contributed by atoms with van der Waals surface area (Å²) in [6.07, 6.45) is 0. The van der Waals surface area contributed by atoms with Gasteiger partial charge in [-0.2, -0.15) is 0 Å². The van der Waals surface area contributed by atoms with Gasteiger partial charge in [-0.05, 0) is 42.4 Å². The van der Waals surface area contributed by atoms with Gasteiger partial charge >= 0.3 is 5.97 Å². The lowest BCUT2D eigenvalue weighted by Crippen LogP contribution is -2.31. The van der Waals surface area contributed by atoms with E-state index in [1.54, 1.807) is 6.92 Å². The molecule has 0 unspecified atom stereocenters. The summed E-state index contributed by atoms with van der Waals surface area (Å²) in [6.45, 7) is 1.83. The molecule has 3 aromatic rings. The SMILES string of the molecule is CCOC(=O)C1=C(c2ccc([N+](=O)[O-])cc2)Nc2[nH]c(=S)[nH]c(=O)c2[C@H]1c1ccccc1. The lowest BCUT2D eigenvalue weighted by molar-refractivity contribution is -0.384. The van der Waals surface area contributed by atoms with Crippen LogP contribution < -0.4 is 10.9 Å². The summed E-state index contributed by atoms with van der Waals surface area (Å²) >= 11 is 5.13. The van der Waals surface area contributed by atoms with Crippen LogP contribution in [0.2, 0.25) is 0 Å². The van der Waals surface area contributed by atoms with Gasteiger partial charge in [0, 0.05) is 12.1 Å². The molecule has 1 aliphatic rings. The summed E-state index contributed by atoms with van der Waals surface area (Å²) in [5.74, 6) is -1.02. The average molecular weight is 450 g/mol. The molecule has 0 spiro atoms. The number of hydrogen-bond donors (Lipinski definition) is 3. The fourth-order valence-corrected chi connectivity index (χ4v) is 3.93. The Morgan fingerprint density at radius 1 is 1.12 bits per heavy atom. The van der Waals surface area contributed by atoms with E-state index in [1.807, 2.05) is 30.3 Å². The van der Waals surface area contributed by atoms with Gasteiger partial charge in [0.05, 0.1) is 34.3 Å². The molecule has 2 aromatic carbocycles. The molecule has 10 heteroatoms. The minimum atomic E-state index is -0.757. The highest BCUT2D eigenvalue weighted by atomic mass is 32.1. The van der Waals surface area contributed by atoms with Crippen LogP contribution in [0.25, 0.3) is 5.70 Å². The standard InChI is InChI=1S/C22H18N4O5S/c1-2-31-21(28)16-15(12-6-4-3-5-7-12)17-19(24-22(32)25-20(17)27)23-18(16)13-8-10-14(11-9-13)26(29)30/h3-11,15H,2H2,1H3,(H3,23,24,25,27,32)/t15-/m0/s1. The number of non-ortho nitro benzene ring substituents is 1. The van der Waals surface area contributed by atoms with Gasteiger partial charge in [-0.3, -0.25) is 19.9 Å². The highest BCUT2D eigenvalue weighted by Gasteiger charge is 2.37. The highest BCUT2D eigenvalue weighted by Crippen LogP contribution is 2.42. The molecular weight excluding hydrogens is 432 g/mol. The Bertz CT molecular complexity index is 1340. The summed E-state index contributed by atoms with van der Waals surface area (Å²) in [4.78, 5) is 42.2. The van der Waals surface area contributed by atoms with Crippen molar-refractivity contribution in [2.45, 2.75) is 12.8 Å². The molecule has 1 atom stereocenters. The van der Waals surface area contributed by atoms with Gasteiger partial charge in [0.1, 0.15) is 5.82 Å².